The van der Waals surface area contributed by atoms with Crippen LogP contribution in [0.5, 0.6) is 5.75 Å². The summed E-state index contributed by atoms with van der Waals surface area (Å²) in [5.41, 5.74) is 3.76. The van der Waals surface area contributed by atoms with Gasteiger partial charge >= 0.3 is 0 Å². The van der Waals surface area contributed by atoms with Gasteiger partial charge in [0.25, 0.3) is 5.91 Å². The third-order valence-electron chi connectivity index (χ3n) is 4.93. The van der Waals surface area contributed by atoms with Gasteiger partial charge in [-0.1, -0.05) is 12.1 Å². The van der Waals surface area contributed by atoms with Gasteiger partial charge < -0.3 is 19.7 Å². The average Bonchev–Trinajstić information content (AvgIpc) is 2.74. The molecule has 148 valence electrons. The van der Waals surface area contributed by atoms with Crippen molar-refractivity contribution >= 4 is 17.4 Å². The minimum absolute atomic E-state index is 0.0497. The zero-order chi connectivity index (χ0) is 19.9. The van der Waals surface area contributed by atoms with Crippen molar-refractivity contribution in [1.82, 2.24) is 5.32 Å². The molecule has 1 saturated heterocycles. The summed E-state index contributed by atoms with van der Waals surface area (Å²) in [6, 6.07) is 13.2. The monoisotopic (exact) mass is 382 g/mol. The number of benzene rings is 2. The molecule has 0 spiro atoms. The van der Waals surface area contributed by atoms with E-state index in [1.54, 1.807) is 12.1 Å². The Morgan fingerprint density at radius 1 is 1.07 bits per heavy atom. The number of anilines is 1. The number of morpholine rings is 1. The van der Waals surface area contributed by atoms with Gasteiger partial charge in [0.2, 0.25) is 0 Å². The van der Waals surface area contributed by atoms with E-state index in [0.29, 0.717) is 11.3 Å². The molecule has 1 heterocycles. The van der Waals surface area contributed by atoms with E-state index in [1.807, 2.05) is 44.2 Å². The number of carbonyl (C=O) groups excluding carboxylic acids is 2. The van der Waals surface area contributed by atoms with Gasteiger partial charge in [0.1, 0.15) is 5.75 Å². The Morgan fingerprint density at radius 3 is 2.50 bits per heavy atom. The second-order valence-electron chi connectivity index (χ2n) is 6.83. The van der Waals surface area contributed by atoms with E-state index in [0.717, 1.165) is 43.1 Å². The topological polar surface area (TPSA) is 67.9 Å². The van der Waals surface area contributed by atoms with Crippen LogP contribution in [0.1, 0.15) is 21.5 Å². The summed E-state index contributed by atoms with van der Waals surface area (Å²) in [4.78, 5) is 26.5. The normalized spacial score (nSPS) is 13.9. The fourth-order valence-electron chi connectivity index (χ4n) is 3.04. The maximum atomic E-state index is 12.3. The first-order valence-electron chi connectivity index (χ1n) is 9.46. The van der Waals surface area contributed by atoms with Crippen LogP contribution in [0, 0.1) is 13.8 Å². The van der Waals surface area contributed by atoms with Gasteiger partial charge in [0.15, 0.2) is 12.4 Å². The van der Waals surface area contributed by atoms with E-state index in [2.05, 4.69) is 10.2 Å². The first kappa shape index (κ1) is 19.9. The summed E-state index contributed by atoms with van der Waals surface area (Å²) in [6.07, 6.45) is 0. The van der Waals surface area contributed by atoms with Crippen LogP contribution in [0.4, 0.5) is 5.69 Å². The molecule has 1 amide bonds. The molecule has 3 rings (SSSR count). The number of amides is 1. The summed E-state index contributed by atoms with van der Waals surface area (Å²) in [5, 5.41) is 2.62. The zero-order valence-electron chi connectivity index (χ0n) is 16.4. The Kier molecular flexibility index (Phi) is 6.66. The lowest BCUT2D eigenvalue weighted by Gasteiger charge is -2.28. The van der Waals surface area contributed by atoms with Crippen molar-refractivity contribution < 1.29 is 19.1 Å². The molecule has 1 N–H and O–H groups in total. The third kappa shape index (κ3) is 5.10. The van der Waals surface area contributed by atoms with E-state index < -0.39 is 0 Å². The zero-order valence-corrected chi connectivity index (χ0v) is 16.4. The van der Waals surface area contributed by atoms with Crippen LogP contribution in [-0.4, -0.2) is 51.1 Å². The molecule has 2 aromatic carbocycles. The predicted molar refractivity (Wildman–Crippen MR) is 108 cm³/mol. The maximum absolute atomic E-state index is 12.3. The first-order valence-corrected chi connectivity index (χ1v) is 9.46. The van der Waals surface area contributed by atoms with Crippen LogP contribution in [0.15, 0.2) is 42.5 Å². The fraction of sp³-hybridized carbons (Fsp3) is 0.364. The van der Waals surface area contributed by atoms with Crippen LogP contribution < -0.4 is 15.0 Å². The molecule has 0 saturated carbocycles. The second kappa shape index (κ2) is 9.37. The lowest BCUT2D eigenvalue weighted by molar-refractivity contribution is -0.122. The maximum Gasteiger partial charge on any atom is 0.258 e. The number of hydrogen-bond acceptors (Lipinski definition) is 5. The molecule has 0 aromatic heterocycles. The van der Waals surface area contributed by atoms with E-state index >= 15 is 0 Å². The highest BCUT2D eigenvalue weighted by atomic mass is 16.5. The Balaban J connectivity index is 1.46. The van der Waals surface area contributed by atoms with Crippen LogP contribution in [0.25, 0.3) is 0 Å². The van der Waals surface area contributed by atoms with Gasteiger partial charge in [-0.2, -0.15) is 0 Å². The highest BCUT2D eigenvalue weighted by Crippen LogP contribution is 2.20. The molecule has 1 aliphatic heterocycles. The van der Waals surface area contributed by atoms with Crippen molar-refractivity contribution in [2.24, 2.45) is 0 Å². The molecule has 1 aliphatic rings. The van der Waals surface area contributed by atoms with Crippen molar-refractivity contribution in [2.45, 2.75) is 13.8 Å². The molecule has 0 aliphatic carbocycles. The largest absolute Gasteiger partial charge is 0.483 e. The van der Waals surface area contributed by atoms with Crippen LogP contribution in [-0.2, 0) is 9.53 Å². The number of aryl methyl sites for hydroxylation is 1. The van der Waals surface area contributed by atoms with Crippen molar-refractivity contribution in [3.63, 3.8) is 0 Å². The first-order chi connectivity index (χ1) is 13.5. The summed E-state index contributed by atoms with van der Waals surface area (Å²) in [7, 11) is 0. The Morgan fingerprint density at radius 2 is 1.79 bits per heavy atom. The summed E-state index contributed by atoms with van der Waals surface area (Å²) in [6.45, 7) is 6.92. The number of Topliss-reactive ketones (excluding diaryl/α,β-unsaturated/α-hetero) is 1. The molecule has 6 heteroatoms. The average molecular weight is 382 g/mol. The van der Waals surface area contributed by atoms with E-state index in [4.69, 9.17) is 9.47 Å². The molecule has 2 aromatic rings. The van der Waals surface area contributed by atoms with Crippen molar-refractivity contribution in [3.05, 3.63) is 59.2 Å². The smallest absolute Gasteiger partial charge is 0.258 e. The number of carbonyl (C=O) groups is 2. The molecule has 6 nitrogen and oxygen atoms in total. The van der Waals surface area contributed by atoms with Gasteiger partial charge in [-0.15, -0.1) is 0 Å². The van der Waals surface area contributed by atoms with Gasteiger partial charge in [-0.3, -0.25) is 9.59 Å². The number of nitrogens with zero attached hydrogens (tertiary/aromatic N) is 1. The number of nitrogens with one attached hydrogen (secondary N) is 1. The minimum Gasteiger partial charge on any atom is -0.483 e. The lowest BCUT2D eigenvalue weighted by atomic mass is 10.1. The lowest BCUT2D eigenvalue weighted by Crippen LogP contribution is -2.36. The van der Waals surface area contributed by atoms with Crippen LogP contribution in [0.2, 0.25) is 0 Å². The standard InChI is InChI=1S/C22H26N2O4/c1-16-4-3-5-21(17(16)2)28-15-22(26)23-14-20(25)18-6-8-19(9-7-18)24-10-12-27-13-11-24/h3-9H,10-15H2,1-2H3,(H,23,26). The molecular weight excluding hydrogens is 356 g/mol. The third-order valence-corrected chi connectivity index (χ3v) is 4.93. The molecular formula is C22H26N2O4. The fourth-order valence-corrected chi connectivity index (χ4v) is 3.04. The number of ether oxygens (including phenoxy) is 2. The quantitative estimate of drug-likeness (QED) is 0.746. The van der Waals surface area contributed by atoms with Gasteiger partial charge in [-0.05, 0) is 55.3 Å². The van der Waals surface area contributed by atoms with Crippen LogP contribution >= 0.6 is 0 Å². The summed E-state index contributed by atoms with van der Waals surface area (Å²) < 4.78 is 10.9. The van der Waals surface area contributed by atoms with E-state index in [-0.39, 0.29) is 24.8 Å². The van der Waals surface area contributed by atoms with Gasteiger partial charge in [-0.25, -0.2) is 0 Å². The van der Waals surface area contributed by atoms with Crippen molar-refractivity contribution in [2.75, 3.05) is 44.4 Å². The molecule has 28 heavy (non-hydrogen) atoms. The summed E-state index contributed by atoms with van der Waals surface area (Å²) >= 11 is 0. The molecule has 1 fully saturated rings. The Hall–Kier alpha value is -2.86. The van der Waals surface area contributed by atoms with Gasteiger partial charge in [0, 0.05) is 24.3 Å². The highest BCUT2D eigenvalue weighted by Gasteiger charge is 2.13. The summed E-state index contributed by atoms with van der Waals surface area (Å²) in [5.74, 6) is 0.230. The molecule has 0 radical (unpaired) electrons. The van der Waals surface area contributed by atoms with Crippen molar-refractivity contribution in [1.29, 1.82) is 0 Å². The number of rotatable bonds is 7. The van der Waals surface area contributed by atoms with E-state index in [9.17, 15) is 9.59 Å². The Labute approximate surface area is 165 Å². The molecule has 0 bridgehead atoms. The predicted octanol–water partition coefficient (Wildman–Crippen LogP) is 2.52. The minimum atomic E-state index is -0.320. The number of hydrogen-bond donors (Lipinski definition) is 1. The van der Waals surface area contributed by atoms with E-state index in [1.165, 1.54) is 0 Å². The Bertz CT molecular complexity index is 827. The van der Waals surface area contributed by atoms with Gasteiger partial charge in [0.05, 0.1) is 19.8 Å². The second-order valence-corrected chi connectivity index (χ2v) is 6.83. The number of ketones is 1. The highest BCUT2D eigenvalue weighted by molar-refractivity contribution is 5.99. The molecule has 0 unspecified atom stereocenters. The SMILES string of the molecule is Cc1cccc(OCC(=O)NCC(=O)c2ccc(N3CCOCC3)cc2)c1C. The van der Waals surface area contributed by atoms with Crippen LogP contribution in [0.3, 0.4) is 0 Å². The molecule has 0 atom stereocenters. The van der Waals surface area contributed by atoms with Crippen molar-refractivity contribution in [3.8, 4) is 5.75 Å².